The maximum atomic E-state index is 3.51. The van der Waals surface area contributed by atoms with Gasteiger partial charge in [-0.05, 0) is 48.7 Å². The third-order valence-corrected chi connectivity index (χ3v) is 4.64. The van der Waals surface area contributed by atoms with Gasteiger partial charge in [0, 0.05) is 16.4 Å². The topological polar surface area (TPSA) is 12.0 Å². The Morgan fingerprint density at radius 1 is 0.950 bits per heavy atom. The molecule has 0 radical (unpaired) electrons. The molecule has 106 valence electrons. The van der Waals surface area contributed by atoms with Crippen LogP contribution in [0.4, 0.5) is 0 Å². The highest BCUT2D eigenvalue weighted by Crippen LogP contribution is 2.41. The minimum absolute atomic E-state index is 0. The van der Waals surface area contributed by atoms with Crippen molar-refractivity contribution < 1.29 is 0 Å². The number of halogens is 2. The van der Waals surface area contributed by atoms with Gasteiger partial charge in [-0.15, -0.1) is 12.4 Å². The predicted molar refractivity (Wildman–Crippen MR) is 90.7 cm³/mol. The van der Waals surface area contributed by atoms with Crippen LogP contribution in [0.15, 0.2) is 53.0 Å². The van der Waals surface area contributed by atoms with Gasteiger partial charge >= 0.3 is 0 Å². The predicted octanol–water partition coefficient (Wildman–Crippen LogP) is 5.06. The molecule has 0 fully saturated rings. The lowest BCUT2D eigenvalue weighted by Gasteiger charge is -2.31. The van der Waals surface area contributed by atoms with Crippen molar-refractivity contribution >= 4 is 28.3 Å². The molecule has 1 N–H and O–H groups in total. The van der Waals surface area contributed by atoms with Gasteiger partial charge in [0.1, 0.15) is 0 Å². The van der Waals surface area contributed by atoms with Crippen LogP contribution in [0.1, 0.15) is 41.5 Å². The molecule has 0 spiro atoms. The Morgan fingerprint density at radius 2 is 1.60 bits per heavy atom. The monoisotopic (exact) mass is 351 g/mol. The molecule has 0 saturated carbocycles. The maximum Gasteiger partial charge on any atom is 0.0320 e. The van der Waals surface area contributed by atoms with Crippen molar-refractivity contribution in [3.8, 4) is 0 Å². The molecule has 0 unspecified atom stereocenters. The number of rotatable bonds is 2. The van der Waals surface area contributed by atoms with E-state index in [2.05, 4.69) is 76.8 Å². The highest BCUT2D eigenvalue weighted by Gasteiger charge is 2.26. The third kappa shape index (κ3) is 2.93. The molecule has 0 aromatic heterocycles. The first kappa shape index (κ1) is 15.6. The Bertz CT molecular complexity index is 567. The van der Waals surface area contributed by atoms with Crippen LogP contribution in [0.2, 0.25) is 0 Å². The summed E-state index contributed by atoms with van der Waals surface area (Å²) in [5.74, 6) is 0.536. The molecule has 0 bridgehead atoms. The minimum atomic E-state index is 0. The highest BCUT2D eigenvalue weighted by atomic mass is 79.9. The van der Waals surface area contributed by atoms with Crippen LogP contribution in [-0.2, 0) is 0 Å². The molecule has 3 rings (SSSR count). The lowest BCUT2D eigenvalue weighted by atomic mass is 9.77. The molecule has 2 aromatic carbocycles. The summed E-state index contributed by atoms with van der Waals surface area (Å²) in [5, 5.41) is 3.43. The van der Waals surface area contributed by atoms with E-state index >= 15 is 0 Å². The summed E-state index contributed by atoms with van der Waals surface area (Å²) in [6, 6.07) is 18.1. The van der Waals surface area contributed by atoms with Crippen LogP contribution in [0, 0.1) is 0 Å². The summed E-state index contributed by atoms with van der Waals surface area (Å²) in [5.41, 5.74) is 4.37. The van der Waals surface area contributed by atoms with Crippen LogP contribution in [0.5, 0.6) is 0 Å². The molecule has 1 aliphatic rings. The van der Waals surface area contributed by atoms with Gasteiger partial charge in [-0.2, -0.15) is 0 Å². The van der Waals surface area contributed by atoms with E-state index in [0.29, 0.717) is 12.0 Å². The molecule has 0 saturated heterocycles. The normalized spacial score (nSPS) is 20.9. The third-order valence-electron chi connectivity index (χ3n) is 4.11. The van der Waals surface area contributed by atoms with Crippen LogP contribution in [0.25, 0.3) is 0 Å². The summed E-state index contributed by atoms with van der Waals surface area (Å²) in [7, 11) is 2.06. The fourth-order valence-corrected chi connectivity index (χ4v) is 3.40. The van der Waals surface area contributed by atoms with Crippen LogP contribution < -0.4 is 5.32 Å². The maximum absolute atomic E-state index is 3.51. The molecule has 0 aliphatic heterocycles. The minimum Gasteiger partial charge on any atom is -0.313 e. The van der Waals surface area contributed by atoms with Gasteiger partial charge in [0.05, 0.1) is 0 Å². The quantitative estimate of drug-likeness (QED) is 0.797. The zero-order chi connectivity index (χ0) is 13.2. The van der Waals surface area contributed by atoms with Crippen LogP contribution in [0.3, 0.4) is 0 Å². The smallest absolute Gasteiger partial charge is 0.0320 e. The largest absolute Gasteiger partial charge is 0.313 e. The number of hydrogen-bond acceptors (Lipinski definition) is 1. The van der Waals surface area contributed by atoms with E-state index in [1.807, 2.05) is 0 Å². The van der Waals surface area contributed by atoms with E-state index in [1.54, 1.807) is 0 Å². The molecule has 2 aromatic rings. The van der Waals surface area contributed by atoms with Gasteiger partial charge < -0.3 is 5.32 Å². The van der Waals surface area contributed by atoms with Gasteiger partial charge in [-0.1, -0.05) is 52.3 Å². The summed E-state index contributed by atoms with van der Waals surface area (Å²) < 4.78 is 1.15. The van der Waals surface area contributed by atoms with Gasteiger partial charge in [-0.3, -0.25) is 0 Å². The van der Waals surface area contributed by atoms with E-state index in [1.165, 1.54) is 29.5 Å². The first-order valence-electron chi connectivity index (χ1n) is 6.81. The summed E-state index contributed by atoms with van der Waals surface area (Å²) in [4.78, 5) is 0. The zero-order valence-corrected chi connectivity index (χ0v) is 13.9. The van der Waals surface area contributed by atoms with E-state index < -0.39 is 0 Å². The fourth-order valence-electron chi connectivity index (χ4n) is 3.13. The van der Waals surface area contributed by atoms with Crippen molar-refractivity contribution in [1.82, 2.24) is 5.32 Å². The average molecular weight is 353 g/mol. The second kappa shape index (κ2) is 6.75. The van der Waals surface area contributed by atoms with Crippen molar-refractivity contribution in [3.05, 3.63) is 69.7 Å². The Balaban J connectivity index is 0.00000147. The van der Waals surface area contributed by atoms with Gasteiger partial charge in [0.2, 0.25) is 0 Å². The zero-order valence-electron chi connectivity index (χ0n) is 11.5. The molecule has 3 heteroatoms. The molecule has 0 heterocycles. The van der Waals surface area contributed by atoms with Gasteiger partial charge in [0.15, 0.2) is 0 Å². The number of hydrogen-bond donors (Lipinski definition) is 1. The summed E-state index contributed by atoms with van der Waals surface area (Å²) in [6.07, 6.45) is 2.42. The first-order chi connectivity index (χ1) is 9.29. The molecular weight excluding hydrogens is 334 g/mol. The van der Waals surface area contributed by atoms with Crippen LogP contribution in [-0.4, -0.2) is 7.05 Å². The number of fused-ring (bicyclic) bond motifs is 1. The van der Waals surface area contributed by atoms with Crippen molar-refractivity contribution in [2.24, 2.45) is 0 Å². The molecule has 2 atom stereocenters. The summed E-state index contributed by atoms with van der Waals surface area (Å²) in [6.45, 7) is 0. The van der Waals surface area contributed by atoms with Gasteiger partial charge in [-0.25, -0.2) is 0 Å². The number of benzene rings is 2. The SMILES string of the molecule is CN[C@H]1CC[C@@H](c2ccc(Br)cc2)c2ccccc21.Cl. The standard InChI is InChI=1S/C17H18BrN.ClH/c1-19-17-11-10-14(12-6-8-13(18)9-7-12)15-4-2-3-5-16(15)17;/h2-9,14,17,19H,10-11H2,1H3;1H/t14-,17-;/m0./s1. The van der Waals surface area contributed by atoms with Crippen molar-refractivity contribution in [2.45, 2.75) is 24.8 Å². The Morgan fingerprint density at radius 3 is 2.25 bits per heavy atom. The summed E-state index contributed by atoms with van der Waals surface area (Å²) >= 11 is 3.51. The van der Waals surface area contributed by atoms with Gasteiger partial charge in [0.25, 0.3) is 0 Å². The first-order valence-corrected chi connectivity index (χ1v) is 7.60. The molecule has 1 nitrogen and oxygen atoms in total. The number of nitrogens with one attached hydrogen (secondary N) is 1. The van der Waals surface area contributed by atoms with E-state index in [0.717, 1.165) is 4.47 Å². The second-order valence-corrected chi connectivity index (χ2v) is 6.07. The van der Waals surface area contributed by atoms with Crippen molar-refractivity contribution in [1.29, 1.82) is 0 Å². The Labute approximate surface area is 135 Å². The second-order valence-electron chi connectivity index (χ2n) is 5.15. The van der Waals surface area contributed by atoms with Crippen LogP contribution >= 0.6 is 28.3 Å². The lowest BCUT2D eigenvalue weighted by molar-refractivity contribution is 0.471. The fraction of sp³-hybridized carbons (Fsp3) is 0.294. The molecular formula is C17H19BrClN. The molecule has 1 aliphatic carbocycles. The Hall–Kier alpha value is -0.830. The average Bonchev–Trinajstić information content (AvgIpc) is 2.47. The van der Waals surface area contributed by atoms with E-state index in [9.17, 15) is 0 Å². The Kier molecular flexibility index (Phi) is 5.25. The lowest BCUT2D eigenvalue weighted by Crippen LogP contribution is -2.24. The van der Waals surface area contributed by atoms with E-state index in [-0.39, 0.29) is 12.4 Å². The van der Waals surface area contributed by atoms with E-state index in [4.69, 9.17) is 0 Å². The van der Waals surface area contributed by atoms with Crippen molar-refractivity contribution in [2.75, 3.05) is 7.05 Å². The highest BCUT2D eigenvalue weighted by molar-refractivity contribution is 9.10. The molecule has 20 heavy (non-hydrogen) atoms. The van der Waals surface area contributed by atoms with Crippen molar-refractivity contribution in [3.63, 3.8) is 0 Å². The molecule has 0 amide bonds.